The van der Waals surface area contributed by atoms with Gasteiger partial charge in [0, 0.05) is 6.20 Å². The Morgan fingerprint density at radius 1 is 1.21 bits per heavy atom. The van der Waals surface area contributed by atoms with E-state index in [2.05, 4.69) is 4.98 Å². The Labute approximate surface area is 173 Å². The van der Waals surface area contributed by atoms with Crippen LogP contribution in [0.1, 0.15) is 48.0 Å². The number of ether oxygens (including phenoxy) is 2. The minimum atomic E-state index is -0.676. The number of aromatic nitrogens is 1. The largest absolute Gasteiger partial charge is 0.427 e. The first kappa shape index (κ1) is 21.0. The summed E-state index contributed by atoms with van der Waals surface area (Å²) in [6.07, 6.45) is 4.43. The van der Waals surface area contributed by atoms with Crippen molar-refractivity contribution in [3.05, 3.63) is 69.3 Å². The minimum absolute atomic E-state index is 0.0799. The highest BCUT2D eigenvalue weighted by Crippen LogP contribution is 2.29. The fourth-order valence-corrected chi connectivity index (χ4v) is 3.06. The molecule has 3 rings (SSSR count). The van der Waals surface area contributed by atoms with Gasteiger partial charge in [-0.2, -0.15) is 0 Å². The molecule has 0 bridgehead atoms. The molecule has 1 aliphatic rings. The fraction of sp³-hybridized carbons (Fsp3) is 0.318. The first-order valence-electron chi connectivity index (χ1n) is 9.11. The number of esters is 2. The van der Waals surface area contributed by atoms with Crippen LogP contribution >= 0.6 is 11.6 Å². The van der Waals surface area contributed by atoms with E-state index in [-0.39, 0.29) is 5.02 Å². The Morgan fingerprint density at radius 2 is 1.97 bits per heavy atom. The first-order valence-corrected chi connectivity index (χ1v) is 9.48. The van der Waals surface area contributed by atoms with Gasteiger partial charge in [0.2, 0.25) is 6.79 Å². The lowest BCUT2D eigenvalue weighted by Gasteiger charge is -2.16. The highest BCUT2D eigenvalue weighted by atomic mass is 35.5. The van der Waals surface area contributed by atoms with Crippen molar-refractivity contribution in [2.24, 2.45) is 5.41 Å². The molecule has 0 saturated heterocycles. The quantitative estimate of drug-likeness (QED) is 0.518. The highest BCUT2D eigenvalue weighted by Gasteiger charge is 2.25. The van der Waals surface area contributed by atoms with Crippen LogP contribution in [0.25, 0.3) is 6.08 Å². The maximum atomic E-state index is 13.7. The summed E-state index contributed by atoms with van der Waals surface area (Å²) in [7, 11) is 0. The number of hydrogen-bond donors (Lipinski definition) is 0. The summed E-state index contributed by atoms with van der Waals surface area (Å²) in [5.41, 5.74) is 2.89. The average Bonchev–Trinajstić information content (AvgIpc) is 3.06. The van der Waals surface area contributed by atoms with Gasteiger partial charge in [-0.1, -0.05) is 23.2 Å². The van der Waals surface area contributed by atoms with Gasteiger partial charge in [-0.15, -0.1) is 0 Å². The molecule has 1 aromatic heterocycles. The maximum absolute atomic E-state index is 13.7. The van der Waals surface area contributed by atoms with Crippen LogP contribution in [0, 0.1) is 11.2 Å². The fourth-order valence-electron chi connectivity index (χ4n) is 2.94. The van der Waals surface area contributed by atoms with E-state index in [0.717, 1.165) is 16.7 Å². The van der Waals surface area contributed by atoms with Crippen LogP contribution in [-0.2, 0) is 27.1 Å². The number of fused-ring (bicyclic) bond motifs is 1. The molecule has 152 valence electrons. The zero-order valence-electron chi connectivity index (χ0n) is 16.4. The molecule has 0 fully saturated rings. The Balaban J connectivity index is 1.65. The number of carbonyl (C=O) groups excluding carboxylic acids is 2. The van der Waals surface area contributed by atoms with E-state index in [9.17, 15) is 14.0 Å². The predicted octanol–water partition coefficient (Wildman–Crippen LogP) is 4.76. The van der Waals surface area contributed by atoms with E-state index >= 15 is 0 Å². The minimum Gasteiger partial charge on any atom is -0.427 e. The normalized spacial score (nSPS) is 12.9. The van der Waals surface area contributed by atoms with Gasteiger partial charge in [0.05, 0.1) is 21.7 Å². The van der Waals surface area contributed by atoms with Gasteiger partial charge in [0.1, 0.15) is 5.82 Å². The molecule has 2 aromatic rings. The topological polar surface area (TPSA) is 65.5 Å². The second-order valence-corrected chi connectivity index (χ2v) is 8.27. The van der Waals surface area contributed by atoms with Crippen LogP contribution in [0.3, 0.4) is 0 Å². The van der Waals surface area contributed by atoms with Crippen molar-refractivity contribution in [1.29, 1.82) is 0 Å². The molecule has 0 N–H and O–H groups in total. The van der Waals surface area contributed by atoms with Gasteiger partial charge in [0.25, 0.3) is 0 Å². The summed E-state index contributed by atoms with van der Waals surface area (Å²) in [5, 5.41) is 0.0799. The summed E-state index contributed by atoms with van der Waals surface area (Å²) in [6, 6.07) is 6.26. The lowest BCUT2D eigenvalue weighted by Crippen LogP contribution is -2.25. The molecule has 0 amide bonds. The lowest BCUT2D eigenvalue weighted by atomic mass is 9.98. The molecule has 0 spiro atoms. The lowest BCUT2D eigenvalue weighted by molar-refractivity contribution is -0.161. The van der Waals surface area contributed by atoms with E-state index < -0.39 is 30.0 Å². The molecule has 29 heavy (non-hydrogen) atoms. The van der Waals surface area contributed by atoms with Crippen LogP contribution < -0.4 is 0 Å². The van der Waals surface area contributed by atoms with Crippen molar-refractivity contribution in [2.45, 2.75) is 33.6 Å². The molecule has 0 saturated carbocycles. The Morgan fingerprint density at radius 3 is 2.66 bits per heavy atom. The predicted molar refractivity (Wildman–Crippen MR) is 107 cm³/mol. The number of rotatable bonds is 5. The van der Waals surface area contributed by atoms with E-state index in [1.807, 2.05) is 6.08 Å². The van der Waals surface area contributed by atoms with Crippen molar-refractivity contribution in [1.82, 2.24) is 4.98 Å². The van der Waals surface area contributed by atoms with Crippen molar-refractivity contribution >= 4 is 29.6 Å². The number of benzene rings is 1. The summed E-state index contributed by atoms with van der Waals surface area (Å²) >= 11 is 5.73. The summed E-state index contributed by atoms with van der Waals surface area (Å²) in [6.45, 7) is 4.70. The molecule has 0 aliphatic heterocycles. The molecular formula is C22H21ClFNO4. The standard InChI is InChI=1S/C22H21ClFNO4/c1-22(2,3)21(27)29-12-28-20(26)15-6-7-25-19-11-14(9-16(15)19)8-13-4-5-17(23)18(24)10-13/h4-7,10-11H,8-9,12H2,1-3H3. The third-order valence-electron chi connectivity index (χ3n) is 4.46. The molecule has 0 unspecified atom stereocenters. The van der Waals surface area contributed by atoms with Crippen LogP contribution in [0.15, 0.2) is 36.0 Å². The van der Waals surface area contributed by atoms with Crippen molar-refractivity contribution in [3.8, 4) is 0 Å². The first-order chi connectivity index (χ1) is 13.6. The van der Waals surface area contributed by atoms with E-state index in [4.69, 9.17) is 21.1 Å². The summed E-state index contributed by atoms with van der Waals surface area (Å²) < 4.78 is 23.8. The van der Waals surface area contributed by atoms with Gasteiger partial charge < -0.3 is 9.47 Å². The molecule has 0 atom stereocenters. The molecular weight excluding hydrogens is 397 g/mol. The Hall–Kier alpha value is -2.73. The molecule has 1 aliphatic carbocycles. The second kappa shape index (κ2) is 8.33. The van der Waals surface area contributed by atoms with E-state index in [0.29, 0.717) is 24.1 Å². The number of nitrogens with zero attached hydrogens (tertiary/aromatic N) is 1. The highest BCUT2D eigenvalue weighted by molar-refractivity contribution is 6.30. The van der Waals surface area contributed by atoms with Crippen LogP contribution in [0.5, 0.6) is 0 Å². The van der Waals surface area contributed by atoms with Crippen molar-refractivity contribution in [2.75, 3.05) is 6.79 Å². The number of hydrogen-bond acceptors (Lipinski definition) is 5. The molecule has 0 radical (unpaired) electrons. The van der Waals surface area contributed by atoms with Crippen LogP contribution in [0.2, 0.25) is 5.02 Å². The van der Waals surface area contributed by atoms with E-state index in [1.165, 1.54) is 18.3 Å². The van der Waals surface area contributed by atoms with Gasteiger partial charge in [-0.05, 0) is 69.0 Å². The molecule has 7 heteroatoms. The Kier molecular flexibility index (Phi) is 6.03. The zero-order chi connectivity index (χ0) is 21.2. The maximum Gasteiger partial charge on any atom is 0.341 e. The van der Waals surface area contributed by atoms with Gasteiger partial charge in [-0.25, -0.2) is 9.18 Å². The van der Waals surface area contributed by atoms with Gasteiger partial charge in [-0.3, -0.25) is 9.78 Å². The van der Waals surface area contributed by atoms with Crippen LogP contribution in [-0.4, -0.2) is 23.7 Å². The van der Waals surface area contributed by atoms with E-state index in [1.54, 1.807) is 32.9 Å². The number of carbonyl (C=O) groups is 2. The monoisotopic (exact) mass is 417 g/mol. The van der Waals surface area contributed by atoms with Crippen molar-refractivity contribution < 1.29 is 23.5 Å². The average molecular weight is 418 g/mol. The molecule has 1 heterocycles. The van der Waals surface area contributed by atoms with Gasteiger partial charge in [0.15, 0.2) is 0 Å². The SMILES string of the molecule is CC(C)(C)C(=O)OCOC(=O)c1ccnc2c1CC(Cc1ccc(Cl)c(F)c1)=C2. The van der Waals surface area contributed by atoms with Crippen molar-refractivity contribution in [3.63, 3.8) is 0 Å². The number of pyridine rings is 1. The molecule has 1 aromatic carbocycles. The zero-order valence-corrected chi connectivity index (χ0v) is 17.2. The third kappa shape index (κ3) is 5.01. The smallest absolute Gasteiger partial charge is 0.341 e. The Bertz CT molecular complexity index is 995. The molecule has 5 nitrogen and oxygen atoms in total. The summed E-state index contributed by atoms with van der Waals surface area (Å²) in [5.74, 6) is -1.51. The number of allylic oxidation sites excluding steroid dienone is 1. The van der Waals surface area contributed by atoms with Crippen LogP contribution in [0.4, 0.5) is 4.39 Å². The number of halogens is 2. The second-order valence-electron chi connectivity index (χ2n) is 7.86. The summed E-state index contributed by atoms with van der Waals surface area (Å²) in [4.78, 5) is 28.5. The third-order valence-corrected chi connectivity index (χ3v) is 4.77. The van der Waals surface area contributed by atoms with Gasteiger partial charge >= 0.3 is 11.9 Å².